The molecule has 13 nitrogen and oxygen atoms in total. The summed E-state index contributed by atoms with van der Waals surface area (Å²) < 4.78 is 44.0. The first-order valence-corrected chi connectivity index (χ1v) is 18.1. The van der Waals surface area contributed by atoms with E-state index in [2.05, 4.69) is 26.0 Å². The van der Waals surface area contributed by atoms with Crippen molar-refractivity contribution in [1.82, 2.24) is 35.7 Å². The first kappa shape index (κ1) is 38.4. The fraction of sp³-hybridized carbons (Fsp3) is 0.500. The minimum Gasteiger partial charge on any atom is -0.479 e. The summed E-state index contributed by atoms with van der Waals surface area (Å²) in [6.45, 7) is 5.11. The van der Waals surface area contributed by atoms with Crippen molar-refractivity contribution in [3.8, 4) is 22.5 Å². The number of alkyl carbamates (subject to hydrolysis) is 1. The molecule has 54 heavy (non-hydrogen) atoms. The third kappa shape index (κ3) is 9.08. The number of rotatable bonds is 6. The average molecular weight is 752 g/mol. The zero-order valence-corrected chi connectivity index (χ0v) is 30.3. The second-order valence-electron chi connectivity index (χ2n) is 15.2. The van der Waals surface area contributed by atoms with Crippen molar-refractivity contribution in [3.63, 3.8) is 0 Å². The van der Waals surface area contributed by atoms with Crippen LogP contribution in [0.2, 0.25) is 0 Å². The molecule has 3 aliphatic rings. The fourth-order valence-corrected chi connectivity index (χ4v) is 7.07. The van der Waals surface area contributed by atoms with E-state index in [9.17, 15) is 37.5 Å². The number of nitrogens with zero attached hydrogens (tertiary/aromatic N) is 5. The van der Waals surface area contributed by atoms with Gasteiger partial charge < -0.3 is 25.4 Å². The summed E-state index contributed by atoms with van der Waals surface area (Å²) in [5, 5.41) is 28.7. The molecule has 0 unspecified atom stereocenters. The number of aliphatic carboxylic acids is 1. The molecule has 2 aromatic carbocycles. The van der Waals surface area contributed by atoms with Gasteiger partial charge in [-0.2, -0.15) is 18.0 Å². The highest BCUT2D eigenvalue weighted by Crippen LogP contribution is 2.45. The molecule has 16 heteroatoms. The van der Waals surface area contributed by atoms with Gasteiger partial charge in [-0.15, -0.1) is 10.2 Å². The first-order chi connectivity index (χ1) is 25.5. The van der Waals surface area contributed by atoms with E-state index in [0.717, 1.165) is 18.4 Å². The van der Waals surface area contributed by atoms with Gasteiger partial charge in [0, 0.05) is 24.4 Å². The zero-order chi connectivity index (χ0) is 38.8. The third-order valence-electron chi connectivity index (χ3n) is 9.90. The third-order valence-corrected chi connectivity index (χ3v) is 9.90. The molecular formula is C38H44F3N7O6. The number of halogens is 3. The highest BCUT2D eigenvalue weighted by molar-refractivity contribution is 5.96. The molecule has 288 valence electrons. The Hall–Kier alpha value is -5.28. The average Bonchev–Trinajstić information content (AvgIpc) is 3.40. The van der Waals surface area contributed by atoms with Crippen molar-refractivity contribution in [2.24, 2.45) is 5.92 Å². The highest BCUT2D eigenvalue weighted by atomic mass is 19.4. The molecule has 3 N–H and O–H groups in total. The van der Waals surface area contributed by atoms with Gasteiger partial charge in [0.25, 0.3) is 0 Å². The van der Waals surface area contributed by atoms with Crippen molar-refractivity contribution in [2.75, 3.05) is 6.54 Å². The van der Waals surface area contributed by atoms with Crippen LogP contribution in [0.3, 0.4) is 0 Å². The van der Waals surface area contributed by atoms with E-state index in [1.165, 1.54) is 21.8 Å². The van der Waals surface area contributed by atoms with Gasteiger partial charge in [0.1, 0.15) is 23.2 Å². The summed E-state index contributed by atoms with van der Waals surface area (Å²) in [7, 11) is 0. The molecule has 0 radical (unpaired) electrons. The van der Waals surface area contributed by atoms with Crippen LogP contribution in [0.4, 0.5) is 18.0 Å². The van der Waals surface area contributed by atoms with Gasteiger partial charge in [0.05, 0.1) is 12.5 Å². The van der Waals surface area contributed by atoms with Gasteiger partial charge in [-0.25, -0.2) is 9.59 Å². The lowest BCUT2D eigenvalue weighted by molar-refractivity contribution is -0.145. The van der Waals surface area contributed by atoms with Crippen LogP contribution < -0.4 is 10.6 Å². The summed E-state index contributed by atoms with van der Waals surface area (Å²) in [5.41, 5.74) is -0.156. The molecule has 5 atom stereocenters. The number of carboxylic acid groups (broad SMARTS) is 1. The van der Waals surface area contributed by atoms with Crippen LogP contribution in [0.5, 0.6) is 0 Å². The smallest absolute Gasteiger partial charge is 0.408 e. The summed E-state index contributed by atoms with van der Waals surface area (Å²) in [4.78, 5) is 56.3. The quantitative estimate of drug-likeness (QED) is 0.271. The molecule has 3 heterocycles. The number of benzene rings is 2. The topological polar surface area (TPSA) is 169 Å². The number of amides is 3. The van der Waals surface area contributed by atoms with Crippen LogP contribution in [-0.4, -0.2) is 90.0 Å². The maximum absolute atomic E-state index is 14.3. The molecule has 1 aromatic heterocycles. The summed E-state index contributed by atoms with van der Waals surface area (Å²) in [5.74, 6) is -2.45. The lowest BCUT2D eigenvalue weighted by Gasteiger charge is -2.30. The Morgan fingerprint density at radius 1 is 1.04 bits per heavy atom. The second kappa shape index (κ2) is 15.2. The van der Waals surface area contributed by atoms with E-state index in [1.54, 1.807) is 51.1 Å². The summed E-state index contributed by atoms with van der Waals surface area (Å²) in [6.07, 6.45) is 1.12. The van der Waals surface area contributed by atoms with Crippen LogP contribution in [-0.2, 0) is 25.5 Å². The Bertz CT molecular complexity index is 1910. The second-order valence-corrected chi connectivity index (χ2v) is 15.2. The number of alkyl halides is 3. The SMILES string of the molecule is CC(C)(C)OC(=O)N[C@H]1CCCCCC=C[C@@H]2C[C@@]2(C(=O)O)NC(=O)[C@@H]2C[C@@H](n3nnc(-c4cccc(-c5ccc(CC(F)(F)F)cc5)c4)n3)CN2C1=O. The van der Waals surface area contributed by atoms with E-state index in [0.29, 0.717) is 30.4 Å². The number of carbonyl (C=O) groups excluding carboxylic acids is 3. The van der Waals surface area contributed by atoms with Gasteiger partial charge in [-0.1, -0.05) is 67.5 Å². The zero-order valence-electron chi connectivity index (χ0n) is 30.3. The molecule has 2 fully saturated rings. The Balaban J connectivity index is 1.26. The van der Waals surface area contributed by atoms with E-state index in [4.69, 9.17) is 4.74 Å². The minimum atomic E-state index is -4.31. The van der Waals surface area contributed by atoms with Gasteiger partial charge in [-0.05, 0) is 74.4 Å². The predicted octanol–water partition coefficient (Wildman–Crippen LogP) is 5.63. The summed E-state index contributed by atoms with van der Waals surface area (Å²) >= 11 is 0. The Labute approximate surface area is 310 Å². The number of aromatic nitrogens is 4. The standard InChI is InChI=1S/C38H44F3N7O6/c1-36(2,3)54-35(53)42-29-13-8-6-4-5-7-12-27-21-37(27,34(51)52)43-32(49)30-19-28(22-47(30)33(29)50)48-45-31(44-46-48)26-11-9-10-25(18-26)24-16-14-23(15-17-24)20-38(39,40)41/h7,9-12,14-18,27-30H,4-6,8,13,19-22H2,1-3H3,(H,42,53)(H,43,49)(H,51,52)/t27-,28-,29+,30+,37-/m1/s1. The number of hydrogen-bond donors (Lipinski definition) is 3. The van der Waals surface area contributed by atoms with E-state index in [1.807, 2.05) is 18.2 Å². The molecule has 2 aliphatic heterocycles. The largest absolute Gasteiger partial charge is 0.479 e. The Kier molecular flexibility index (Phi) is 10.8. The number of hydrogen-bond acceptors (Lipinski definition) is 8. The number of allylic oxidation sites excluding steroid dienone is 1. The van der Waals surface area contributed by atoms with Gasteiger partial charge >= 0.3 is 18.2 Å². The van der Waals surface area contributed by atoms with Gasteiger partial charge in [0.15, 0.2) is 0 Å². The maximum atomic E-state index is 14.3. The molecule has 3 amide bonds. The van der Waals surface area contributed by atoms with E-state index < -0.39 is 65.7 Å². The number of nitrogens with one attached hydrogen (secondary N) is 2. The van der Waals surface area contributed by atoms with Crippen molar-refractivity contribution in [2.45, 2.75) is 108 Å². The number of ether oxygens (including phenoxy) is 1. The van der Waals surface area contributed by atoms with E-state index in [-0.39, 0.29) is 36.7 Å². The van der Waals surface area contributed by atoms with Gasteiger partial charge in [-0.3, -0.25) is 9.59 Å². The number of carbonyl (C=O) groups is 4. The van der Waals surface area contributed by atoms with Crippen LogP contribution in [0, 0.1) is 5.92 Å². The maximum Gasteiger partial charge on any atom is 0.408 e. The monoisotopic (exact) mass is 751 g/mol. The number of fused-ring (bicyclic) bond motifs is 2. The highest BCUT2D eigenvalue weighted by Gasteiger charge is 2.61. The lowest BCUT2D eigenvalue weighted by atomic mass is 10.0. The van der Waals surface area contributed by atoms with Crippen molar-refractivity contribution < 1.29 is 42.2 Å². The Morgan fingerprint density at radius 3 is 2.48 bits per heavy atom. The van der Waals surface area contributed by atoms with Crippen molar-refractivity contribution in [3.05, 3.63) is 66.2 Å². The van der Waals surface area contributed by atoms with Crippen LogP contribution >= 0.6 is 0 Å². The Morgan fingerprint density at radius 2 is 1.78 bits per heavy atom. The number of tetrazole rings is 1. The molecule has 6 rings (SSSR count). The lowest BCUT2D eigenvalue weighted by Crippen LogP contribution is -2.56. The molecule has 1 saturated heterocycles. The van der Waals surface area contributed by atoms with Crippen molar-refractivity contribution in [1.29, 1.82) is 0 Å². The van der Waals surface area contributed by atoms with E-state index >= 15 is 0 Å². The minimum absolute atomic E-state index is 0.0209. The molecule has 3 aromatic rings. The van der Waals surface area contributed by atoms with Crippen LogP contribution in [0.1, 0.15) is 77.3 Å². The molecular weight excluding hydrogens is 707 g/mol. The van der Waals surface area contributed by atoms with Gasteiger partial charge in [0.2, 0.25) is 17.6 Å². The van der Waals surface area contributed by atoms with Crippen LogP contribution in [0.15, 0.2) is 60.7 Å². The molecule has 1 aliphatic carbocycles. The first-order valence-electron chi connectivity index (χ1n) is 18.1. The number of carboxylic acids is 1. The summed E-state index contributed by atoms with van der Waals surface area (Å²) in [6, 6.07) is 10.5. The van der Waals surface area contributed by atoms with Crippen LogP contribution in [0.25, 0.3) is 22.5 Å². The van der Waals surface area contributed by atoms with Crippen molar-refractivity contribution >= 4 is 23.9 Å². The predicted molar refractivity (Wildman–Crippen MR) is 190 cm³/mol. The molecule has 0 spiro atoms. The molecule has 1 saturated carbocycles. The fourth-order valence-electron chi connectivity index (χ4n) is 7.07. The normalized spacial score (nSPS) is 25.1. The molecule has 0 bridgehead atoms.